The van der Waals surface area contributed by atoms with Gasteiger partial charge in [-0.25, -0.2) is 4.98 Å². The molecule has 0 spiro atoms. The summed E-state index contributed by atoms with van der Waals surface area (Å²) in [4.78, 5) is 4.86. The maximum absolute atomic E-state index is 4.90. The van der Waals surface area contributed by atoms with Crippen molar-refractivity contribution in [2.75, 3.05) is 11.9 Å². The van der Waals surface area contributed by atoms with Crippen LogP contribution in [0.3, 0.4) is 0 Å². The van der Waals surface area contributed by atoms with Crippen LogP contribution in [-0.2, 0) is 38.1 Å². The van der Waals surface area contributed by atoms with Gasteiger partial charge in [0.2, 0.25) is 0 Å². The van der Waals surface area contributed by atoms with Gasteiger partial charge in [-0.15, -0.1) is 6.58 Å². The number of aryl methyl sites for hydroxylation is 4. The molecule has 0 radical (unpaired) electrons. The number of hydrogen-bond donors (Lipinski definition) is 1. The van der Waals surface area contributed by atoms with E-state index in [0.29, 0.717) is 5.92 Å². The largest absolute Gasteiger partial charge is 0.370 e. The SMILES string of the molecule is C=C(C)CC(Cc1cc(CCCc2ccc3c(n2)NCCC3)n(C)n1)c1cccc(C(C)(C)C)c1. The molecule has 1 aromatic carbocycles. The monoisotopic (exact) mass is 470 g/mol. The lowest BCUT2D eigenvalue weighted by Crippen LogP contribution is -2.14. The van der Waals surface area contributed by atoms with Crippen LogP contribution in [0.5, 0.6) is 0 Å². The minimum absolute atomic E-state index is 0.144. The average molecular weight is 471 g/mol. The predicted molar refractivity (Wildman–Crippen MR) is 147 cm³/mol. The molecule has 35 heavy (non-hydrogen) atoms. The molecule has 186 valence electrons. The van der Waals surface area contributed by atoms with Crippen molar-refractivity contribution in [1.82, 2.24) is 14.8 Å². The Morgan fingerprint density at radius 1 is 1.11 bits per heavy atom. The molecule has 1 aliphatic rings. The number of nitrogens with zero attached hydrogens (tertiary/aromatic N) is 3. The third kappa shape index (κ3) is 6.62. The van der Waals surface area contributed by atoms with Crippen LogP contribution < -0.4 is 5.32 Å². The summed E-state index contributed by atoms with van der Waals surface area (Å²) in [7, 11) is 2.08. The zero-order valence-electron chi connectivity index (χ0n) is 22.3. The highest BCUT2D eigenvalue weighted by Crippen LogP contribution is 2.31. The number of aromatic nitrogens is 3. The van der Waals surface area contributed by atoms with E-state index in [2.05, 4.69) is 93.8 Å². The van der Waals surface area contributed by atoms with Gasteiger partial charge < -0.3 is 5.32 Å². The molecule has 1 atom stereocenters. The van der Waals surface area contributed by atoms with Gasteiger partial charge in [0, 0.05) is 25.0 Å². The van der Waals surface area contributed by atoms with Crippen molar-refractivity contribution in [3.05, 3.63) is 88.4 Å². The first-order valence-corrected chi connectivity index (χ1v) is 13.2. The van der Waals surface area contributed by atoms with E-state index < -0.39 is 0 Å². The van der Waals surface area contributed by atoms with Gasteiger partial charge >= 0.3 is 0 Å². The van der Waals surface area contributed by atoms with Gasteiger partial charge in [-0.1, -0.05) is 56.7 Å². The number of nitrogens with one attached hydrogen (secondary N) is 1. The molecule has 4 nitrogen and oxygen atoms in total. The molecule has 3 aromatic rings. The molecular formula is C31H42N4. The number of anilines is 1. The second kappa shape index (κ2) is 10.8. The molecule has 0 amide bonds. The molecule has 0 aliphatic carbocycles. The molecule has 0 saturated carbocycles. The van der Waals surface area contributed by atoms with E-state index in [-0.39, 0.29) is 5.41 Å². The fourth-order valence-corrected chi connectivity index (χ4v) is 5.10. The number of pyridine rings is 1. The van der Waals surface area contributed by atoms with Gasteiger partial charge in [0.1, 0.15) is 5.82 Å². The molecular weight excluding hydrogens is 428 g/mol. The summed E-state index contributed by atoms with van der Waals surface area (Å²) in [5.41, 5.74) is 9.15. The van der Waals surface area contributed by atoms with Gasteiger partial charge in [0.05, 0.1) is 5.69 Å². The molecule has 3 heterocycles. The van der Waals surface area contributed by atoms with Crippen molar-refractivity contribution in [2.24, 2.45) is 7.05 Å². The van der Waals surface area contributed by atoms with E-state index in [1.807, 2.05) is 0 Å². The maximum Gasteiger partial charge on any atom is 0.129 e. The van der Waals surface area contributed by atoms with Crippen LogP contribution in [0.4, 0.5) is 5.82 Å². The molecule has 2 aromatic heterocycles. The molecule has 0 saturated heterocycles. The number of rotatable bonds is 9. The fraction of sp³-hybridized carbons (Fsp3) is 0.484. The van der Waals surface area contributed by atoms with E-state index in [0.717, 1.165) is 50.9 Å². The van der Waals surface area contributed by atoms with Crippen LogP contribution in [-0.4, -0.2) is 21.3 Å². The quantitative estimate of drug-likeness (QED) is 0.345. The molecule has 1 aliphatic heterocycles. The normalized spacial score (nSPS) is 14.3. The summed E-state index contributed by atoms with van der Waals surface area (Å²) in [6, 6.07) is 15.9. The second-order valence-electron chi connectivity index (χ2n) is 11.4. The van der Waals surface area contributed by atoms with Gasteiger partial charge in [0.15, 0.2) is 0 Å². The second-order valence-corrected chi connectivity index (χ2v) is 11.4. The summed E-state index contributed by atoms with van der Waals surface area (Å²) in [5, 5.41) is 8.35. The average Bonchev–Trinajstić information content (AvgIpc) is 3.16. The molecule has 0 fully saturated rings. The Balaban J connectivity index is 1.42. The Kier molecular flexibility index (Phi) is 7.78. The van der Waals surface area contributed by atoms with Crippen LogP contribution in [0, 0.1) is 0 Å². The minimum Gasteiger partial charge on any atom is -0.370 e. The van der Waals surface area contributed by atoms with Crippen LogP contribution in [0.2, 0.25) is 0 Å². The number of benzene rings is 1. The van der Waals surface area contributed by atoms with E-state index in [1.54, 1.807) is 0 Å². The van der Waals surface area contributed by atoms with Crippen molar-refractivity contribution in [3.8, 4) is 0 Å². The van der Waals surface area contributed by atoms with Crippen molar-refractivity contribution in [3.63, 3.8) is 0 Å². The third-order valence-electron chi connectivity index (χ3n) is 7.12. The molecule has 4 rings (SSSR count). The van der Waals surface area contributed by atoms with Crippen molar-refractivity contribution < 1.29 is 0 Å². The lowest BCUT2D eigenvalue weighted by atomic mass is 9.82. The molecule has 0 bridgehead atoms. The van der Waals surface area contributed by atoms with Crippen molar-refractivity contribution >= 4 is 5.82 Å². The van der Waals surface area contributed by atoms with Gasteiger partial charge in [-0.3, -0.25) is 4.68 Å². The summed E-state index contributed by atoms with van der Waals surface area (Å²) in [6.07, 6.45) is 7.34. The Morgan fingerprint density at radius 3 is 2.71 bits per heavy atom. The summed E-state index contributed by atoms with van der Waals surface area (Å²) in [6.45, 7) is 14.2. The Morgan fingerprint density at radius 2 is 1.94 bits per heavy atom. The van der Waals surface area contributed by atoms with Gasteiger partial charge in [-0.05, 0) is 92.0 Å². The van der Waals surface area contributed by atoms with E-state index in [1.165, 1.54) is 45.8 Å². The number of allylic oxidation sites excluding steroid dienone is 1. The smallest absolute Gasteiger partial charge is 0.129 e. The number of hydrogen-bond acceptors (Lipinski definition) is 3. The molecule has 4 heteroatoms. The van der Waals surface area contributed by atoms with Gasteiger partial charge in [-0.2, -0.15) is 5.10 Å². The van der Waals surface area contributed by atoms with E-state index >= 15 is 0 Å². The fourth-order valence-electron chi connectivity index (χ4n) is 5.10. The maximum atomic E-state index is 4.90. The lowest BCUT2D eigenvalue weighted by molar-refractivity contribution is 0.585. The summed E-state index contributed by atoms with van der Waals surface area (Å²) >= 11 is 0. The van der Waals surface area contributed by atoms with Crippen LogP contribution >= 0.6 is 0 Å². The Bertz CT molecular complexity index is 1160. The third-order valence-corrected chi connectivity index (χ3v) is 7.12. The molecule has 1 unspecified atom stereocenters. The molecule has 1 N–H and O–H groups in total. The lowest BCUT2D eigenvalue weighted by Gasteiger charge is -2.23. The Labute approximate surface area is 211 Å². The zero-order valence-corrected chi connectivity index (χ0v) is 22.3. The van der Waals surface area contributed by atoms with Crippen molar-refractivity contribution in [2.45, 2.75) is 84.0 Å². The first-order chi connectivity index (χ1) is 16.7. The zero-order chi connectivity index (χ0) is 25.0. The highest BCUT2D eigenvalue weighted by Gasteiger charge is 2.19. The topological polar surface area (TPSA) is 42.7 Å². The standard InChI is InChI=1S/C31H42N4/c1-22(2)18-25(24-10-7-12-26(19-24)31(3,4)5)20-28-21-29(35(6)34-28)14-8-13-27-16-15-23-11-9-17-32-30(23)33-27/h7,10,12,15-16,19,21,25H,1,8-9,11,13-14,17-18,20H2,2-6H3,(H,32,33). The summed E-state index contributed by atoms with van der Waals surface area (Å²) in [5.74, 6) is 1.49. The highest BCUT2D eigenvalue weighted by atomic mass is 15.3. The Hall–Kier alpha value is -2.88. The van der Waals surface area contributed by atoms with Crippen molar-refractivity contribution in [1.29, 1.82) is 0 Å². The van der Waals surface area contributed by atoms with Crippen LogP contribution in [0.15, 0.2) is 54.6 Å². The van der Waals surface area contributed by atoms with E-state index in [9.17, 15) is 0 Å². The first-order valence-electron chi connectivity index (χ1n) is 13.2. The van der Waals surface area contributed by atoms with E-state index in [4.69, 9.17) is 10.1 Å². The van der Waals surface area contributed by atoms with Gasteiger partial charge in [0.25, 0.3) is 0 Å². The number of fused-ring (bicyclic) bond motifs is 1. The summed E-state index contributed by atoms with van der Waals surface area (Å²) < 4.78 is 2.07. The predicted octanol–water partition coefficient (Wildman–Crippen LogP) is 6.94. The highest BCUT2D eigenvalue weighted by molar-refractivity contribution is 5.47. The minimum atomic E-state index is 0.144. The van der Waals surface area contributed by atoms with Crippen LogP contribution in [0.25, 0.3) is 0 Å². The first kappa shape index (κ1) is 25.2. The van der Waals surface area contributed by atoms with Crippen LogP contribution in [0.1, 0.15) is 86.6 Å².